The summed E-state index contributed by atoms with van der Waals surface area (Å²) < 4.78 is 5.23. The minimum absolute atomic E-state index is 0.254. The first-order valence-electron chi connectivity index (χ1n) is 4.77. The van der Waals surface area contributed by atoms with E-state index in [4.69, 9.17) is 4.74 Å². The Hall–Kier alpha value is -0.120. The van der Waals surface area contributed by atoms with E-state index in [2.05, 4.69) is 11.8 Å². The van der Waals surface area contributed by atoms with E-state index in [1.165, 1.54) is 6.42 Å². The van der Waals surface area contributed by atoms with Crippen molar-refractivity contribution in [2.75, 3.05) is 26.3 Å². The highest BCUT2D eigenvalue weighted by atomic mass is 16.5. The van der Waals surface area contributed by atoms with Gasteiger partial charge in [-0.15, -0.1) is 0 Å². The van der Waals surface area contributed by atoms with Gasteiger partial charge in [0.05, 0.1) is 25.4 Å². The van der Waals surface area contributed by atoms with Crippen LogP contribution < -0.4 is 0 Å². The standard InChI is InChI=1S/C9H17NO2/c1-7-2-3-10(4-7)8-5-12-6-9(8)11/h7-9,11H,2-6H2,1H3/t7?,8?,9-/m1/s1. The van der Waals surface area contributed by atoms with Crippen molar-refractivity contribution in [1.82, 2.24) is 4.90 Å². The number of nitrogens with zero attached hydrogens (tertiary/aromatic N) is 1. The van der Waals surface area contributed by atoms with E-state index < -0.39 is 0 Å². The third-order valence-corrected chi connectivity index (χ3v) is 2.95. The quantitative estimate of drug-likeness (QED) is 0.607. The lowest BCUT2D eigenvalue weighted by molar-refractivity contribution is 0.0933. The molecule has 3 nitrogen and oxygen atoms in total. The molecule has 2 aliphatic rings. The zero-order chi connectivity index (χ0) is 8.55. The fraction of sp³-hybridized carbons (Fsp3) is 1.00. The summed E-state index contributed by atoms with van der Waals surface area (Å²) in [5.74, 6) is 0.790. The second kappa shape index (κ2) is 3.32. The molecule has 0 bridgehead atoms. The van der Waals surface area contributed by atoms with Crippen LogP contribution in [0.1, 0.15) is 13.3 Å². The fourth-order valence-electron chi connectivity index (χ4n) is 2.15. The smallest absolute Gasteiger partial charge is 0.0950 e. The molecule has 0 radical (unpaired) electrons. The number of hydrogen-bond donors (Lipinski definition) is 1. The Morgan fingerprint density at radius 1 is 1.42 bits per heavy atom. The Labute approximate surface area is 73.3 Å². The van der Waals surface area contributed by atoms with Gasteiger partial charge in [0.25, 0.3) is 0 Å². The molecule has 1 N–H and O–H groups in total. The first kappa shape index (κ1) is 8.48. The van der Waals surface area contributed by atoms with E-state index in [0.29, 0.717) is 13.2 Å². The SMILES string of the molecule is CC1CCN(C2COC[C@H]2O)C1. The van der Waals surface area contributed by atoms with E-state index in [0.717, 1.165) is 19.0 Å². The van der Waals surface area contributed by atoms with E-state index in [9.17, 15) is 5.11 Å². The molecule has 2 heterocycles. The van der Waals surface area contributed by atoms with E-state index in [1.807, 2.05) is 0 Å². The monoisotopic (exact) mass is 171 g/mol. The van der Waals surface area contributed by atoms with Crippen LogP contribution in [0.2, 0.25) is 0 Å². The van der Waals surface area contributed by atoms with Gasteiger partial charge in [-0.05, 0) is 18.9 Å². The number of rotatable bonds is 1. The summed E-state index contributed by atoms with van der Waals surface area (Å²) in [7, 11) is 0. The summed E-state index contributed by atoms with van der Waals surface area (Å²) in [5, 5.41) is 9.57. The zero-order valence-electron chi connectivity index (χ0n) is 7.57. The maximum Gasteiger partial charge on any atom is 0.0950 e. The Morgan fingerprint density at radius 2 is 2.25 bits per heavy atom. The molecule has 2 fully saturated rings. The molecule has 2 rings (SSSR count). The van der Waals surface area contributed by atoms with Gasteiger partial charge in [0.15, 0.2) is 0 Å². The molecule has 12 heavy (non-hydrogen) atoms. The average molecular weight is 171 g/mol. The van der Waals surface area contributed by atoms with Crippen LogP contribution in [0.25, 0.3) is 0 Å². The average Bonchev–Trinajstić information content (AvgIpc) is 2.58. The van der Waals surface area contributed by atoms with E-state index in [1.54, 1.807) is 0 Å². The highest BCUT2D eigenvalue weighted by molar-refractivity contribution is 4.87. The summed E-state index contributed by atoms with van der Waals surface area (Å²) in [5.41, 5.74) is 0. The molecule has 0 saturated carbocycles. The van der Waals surface area contributed by atoms with Crippen LogP contribution in [0.5, 0.6) is 0 Å². The van der Waals surface area contributed by atoms with E-state index >= 15 is 0 Å². The minimum atomic E-state index is -0.254. The second-order valence-corrected chi connectivity index (χ2v) is 4.06. The molecule has 3 heteroatoms. The van der Waals surface area contributed by atoms with E-state index in [-0.39, 0.29) is 12.1 Å². The molecule has 2 saturated heterocycles. The first-order chi connectivity index (χ1) is 5.77. The number of aliphatic hydroxyl groups excluding tert-OH is 1. The minimum Gasteiger partial charge on any atom is -0.389 e. The van der Waals surface area contributed by atoms with Crippen molar-refractivity contribution in [3.8, 4) is 0 Å². The van der Waals surface area contributed by atoms with Gasteiger partial charge in [-0.25, -0.2) is 0 Å². The number of hydrogen-bond acceptors (Lipinski definition) is 3. The molecule has 0 spiro atoms. The van der Waals surface area contributed by atoms with Gasteiger partial charge in [-0.1, -0.05) is 6.92 Å². The fourth-order valence-corrected chi connectivity index (χ4v) is 2.15. The highest BCUT2D eigenvalue weighted by Gasteiger charge is 2.34. The maximum absolute atomic E-state index is 9.57. The molecule has 3 atom stereocenters. The largest absolute Gasteiger partial charge is 0.389 e. The summed E-state index contributed by atoms with van der Waals surface area (Å²) in [6.07, 6.45) is 1.01. The topological polar surface area (TPSA) is 32.7 Å². The van der Waals surface area contributed by atoms with Gasteiger partial charge < -0.3 is 9.84 Å². The summed E-state index contributed by atoms with van der Waals surface area (Å²) in [6.45, 7) is 5.77. The van der Waals surface area contributed by atoms with Crippen LogP contribution in [0, 0.1) is 5.92 Å². The van der Waals surface area contributed by atoms with Gasteiger partial charge in [-0.3, -0.25) is 4.90 Å². The predicted octanol–water partition coefficient (Wildman–Crippen LogP) is 0.0879. The summed E-state index contributed by atoms with van der Waals surface area (Å²) in [4.78, 5) is 2.36. The Bertz CT molecular complexity index is 163. The van der Waals surface area contributed by atoms with Crippen LogP contribution in [0.4, 0.5) is 0 Å². The van der Waals surface area contributed by atoms with Gasteiger partial charge in [0, 0.05) is 6.54 Å². The molecule has 70 valence electrons. The lowest BCUT2D eigenvalue weighted by Crippen LogP contribution is -2.41. The summed E-state index contributed by atoms with van der Waals surface area (Å²) in [6, 6.07) is 0.273. The van der Waals surface area contributed by atoms with Crippen molar-refractivity contribution in [1.29, 1.82) is 0 Å². The van der Waals surface area contributed by atoms with Crippen LogP contribution >= 0.6 is 0 Å². The van der Waals surface area contributed by atoms with Gasteiger partial charge in [0.1, 0.15) is 0 Å². The second-order valence-electron chi connectivity index (χ2n) is 4.06. The van der Waals surface area contributed by atoms with Crippen molar-refractivity contribution >= 4 is 0 Å². The van der Waals surface area contributed by atoms with Crippen molar-refractivity contribution in [2.45, 2.75) is 25.5 Å². The van der Waals surface area contributed by atoms with Crippen molar-refractivity contribution in [3.05, 3.63) is 0 Å². The highest BCUT2D eigenvalue weighted by Crippen LogP contribution is 2.22. The third kappa shape index (κ3) is 1.49. The molecule has 0 aromatic carbocycles. The number of ether oxygens (including phenoxy) is 1. The molecule has 0 aliphatic carbocycles. The van der Waals surface area contributed by atoms with Crippen LogP contribution in [-0.2, 0) is 4.74 Å². The first-order valence-corrected chi connectivity index (χ1v) is 4.77. The molecule has 0 aromatic heterocycles. The third-order valence-electron chi connectivity index (χ3n) is 2.95. The lowest BCUT2D eigenvalue weighted by Gasteiger charge is -2.24. The zero-order valence-corrected chi connectivity index (χ0v) is 7.57. The molecule has 2 aliphatic heterocycles. The Kier molecular flexibility index (Phi) is 2.35. The normalized spacial score (nSPS) is 44.0. The molecular weight excluding hydrogens is 154 g/mol. The molecule has 0 amide bonds. The lowest BCUT2D eigenvalue weighted by atomic mass is 10.1. The molecule has 0 aromatic rings. The molecule has 2 unspecified atom stereocenters. The number of aliphatic hydroxyl groups is 1. The Balaban J connectivity index is 1.91. The molecular formula is C9H17NO2. The maximum atomic E-state index is 9.57. The van der Waals surface area contributed by atoms with Crippen molar-refractivity contribution in [2.24, 2.45) is 5.92 Å². The van der Waals surface area contributed by atoms with Crippen molar-refractivity contribution < 1.29 is 9.84 Å². The van der Waals surface area contributed by atoms with Crippen LogP contribution in [0.15, 0.2) is 0 Å². The van der Waals surface area contributed by atoms with Crippen LogP contribution in [-0.4, -0.2) is 48.5 Å². The van der Waals surface area contributed by atoms with Gasteiger partial charge >= 0.3 is 0 Å². The Morgan fingerprint density at radius 3 is 2.75 bits per heavy atom. The predicted molar refractivity (Wildman–Crippen MR) is 46.0 cm³/mol. The van der Waals surface area contributed by atoms with Gasteiger partial charge in [0.2, 0.25) is 0 Å². The number of likely N-dealkylation sites (tertiary alicyclic amines) is 1. The van der Waals surface area contributed by atoms with Crippen molar-refractivity contribution in [3.63, 3.8) is 0 Å². The van der Waals surface area contributed by atoms with Crippen LogP contribution in [0.3, 0.4) is 0 Å². The van der Waals surface area contributed by atoms with Gasteiger partial charge in [-0.2, -0.15) is 0 Å². The summed E-state index contributed by atoms with van der Waals surface area (Å²) >= 11 is 0.